The Morgan fingerprint density at radius 2 is 1.57 bits per heavy atom. The Labute approximate surface area is 141 Å². The minimum atomic E-state index is 0.710. The highest BCUT2D eigenvalue weighted by Crippen LogP contribution is 2.24. The molecule has 0 N–H and O–H groups in total. The molecule has 0 unspecified atom stereocenters. The first-order valence-corrected chi connectivity index (χ1v) is 8.46. The van der Waals surface area contributed by atoms with Crippen LogP contribution in [0.2, 0.25) is 0 Å². The number of nitrogens with zero attached hydrogens (tertiary/aromatic N) is 1. The van der Waals surface area contributed by atoms with Crippen molar-refractivity contribution in [1.29, 1.82) is 5.26 Å². The molecule has 0 spiro atoms. The Morgan fingerprint density at radius 3 is 2.26 bits per heavy atom. The van der Waals surface area contributed by atoms with Gasteiger partial charge in [-0.3, -0.25) is 0 Å². The molecule has 0 aliphatic heterocycles. The molecule has 23 heavy (non-hydrogen) atoms. The molecule has 1 nitrogen and oxygen atoms in total. The Balaban J connectivity index is 1.71. The van der Waals surface area contributed by atoms with Gasteiger partial charge >= 0.3 is 0 Å². The summed E-state index contributed by atoms with van der Waals surface area (Å²) in [6.45, 7) is 0. The van der Waals surface area contributed by atoms with E-state index in [4.69, 9.17) is 0 Å². The lowest BCUT2D eigenvalue weighted by atomic mass is 10.1. The maximum atomic E-state index is 9.39. The fourth-order valence-corrected chi connectivity index (χ4v) is 3.41. The summed E-state index contributed by atoms with van der Waals surface area (Å²) in [5.41, 5.74) is 3.04. The first-order valence-electron chi connectivity index (χ1n) is 7.65. The molecule has 0 fully saturated rings. The van der Waals surface area contributed by atoms with Crippen molar-refractivity contribution in [3.8, 4) is 6.07 Å². The van der Waals surface area contributed by atoms with Gasteiger partial charge in [-0.15, -0.1) is 11.3 Å². The average Bonchev–Trinajstić information content (AvgIpc) is 3.07. The summed E-state index contributed by atoms with van der Waals surface area (Å²) >= 11 is 1.76. The summed E-state index contributed by atoms with van der Waals surface area (Å²) < 4.78 is 0. The van der Waals surface area contributed by atoms with Gasteiger partial charge in [0.15, 0.2) is 0 Å². The Kier molecular flexibility index (Phi) is 5.03. The van der Waals surface area contributed by atoms with E-state index in [1.54, 1.807) is 11.3 Å². The zero-order chi connectivity index (χ0) is 15.9. The van der Waals surface area contributed by atoms with Crippen molar-refractivity contribution in [2.75, 3.05) is 0 Å². The van der Waals surface area contributed by atoms with Crippen LogP contribution < -0.4 is 0 Å². The van der Waals surface area contributed by atoms with Crippen LogP contribution in [0.5, 0.6) is 0 Å². The van der Waals surface area contributed by atoms with E-state index in [0.717, 1.165) is 23.3 Å². The zero-order valence-corrected chi connectivity index (χ0v) is 13.6. The van der Waals surface area contributed by atoms with E-state index < -0.39 is 0 Å². The molecule has 112 valence electrons. The molecule has 0 saturated carbocycles. The van der Waals surface area contributed by atoms with E-state index >= 15 is 0 Å². The largest absolute Gasteiger partial charge is 0.192 e. The minimum Gasteiger partial charge on any atom is -0.192 e. The van der Waals surface area contributed by atoms with Gasteiger partial charge in [0, 0.05) is 9.75 Å². The number of aryl methyl sites for hydroxylation is 2. The first-order chi connectivity index (χ1) is 11.3. The molecule has 0 saturated heterocycles. The van der Waals surface area contributed by atoms with Crippen LogP contribution in [0.15, 0.2) is 72.8 Å². The molecule has 0 atom stereocenters. The molecule has 2 heteroatoms. The summed E-state index contributed by atoms with van der Waals surface area (Å²) in [5, 5.41) is 9.39. The molecule has 0 radical (unpaired) electrons. The van der Waals surface area contributed by atoms with Crippen molar-refractivity contribution >= 4 is 23.0 Å². The third-order valence-corrected chi connectivity index (χ3v) is 4.77. The van der Waals surface area contributed by atoms with Crippen LogP contribution in [0.4, 0.5) is 0 Å². The molecule has 2 aromatic carbocycles. The number of rotatable bonds is 5. The Bertz CT molecular complexity index is 823. The number of thiophene rings is 1. The summed E-state index contributed by atoms with van der Waals surface area (Å²) in [5.74, 6) is 0. The van der Waals surface area contributed by atoms with E-state index in [0.29, 0.717) is 5.57 Å². The zero-order valence-electron chi connectivity index (χ0n) is 12.8. The second kappa shape index (κ2) is 7.58. The van der Waals surface area contributed by atoms with Crippen LogP contribution in [0.3, 0.4) is 0 Å². The van der Waals surface area contributed by atoms with E-state index in [1.807, 2.05) is 42.5 Å². The predicted octanol–water partition coefficient (Wildman–Crippen LogP) is 5.60. The Morgan fingerprint density at radius 1 is 0.870 bits per heavy atom. The van der Waals surface area contributed by atoms with Crippen molar-refractivity contribution < 1.29 is 0 Å². The normalized spacial score (nSPS) is 11.2. The van der Waals surface area contributed by atoms with Crippen LogP contribution in [-0.4, -0.2) is 0 Å². The van der Waals surface area contributed by atoms with Crippen LogP contribution in [0.25, 0.3) is 11.6 Å². The SMILES string of the molecule is N#C/C(=C\c1ccc(CCc2ccccc2)s1)c1ccccc1. The maximum absolute atomic E-state index is 9.39. The van der Waals surface area contributed by atoms with Gasteiger partial charge in [-0.1, -0.05) is 60.7 Å². The molecule has 1 aromatic heterocycles. The highest BCUT2D eigenvalue weighted by Gasteiger charge is 2.03. The molecule has 3 rings (SSSR count). The number of benzene rings is 2. The van der Waals surface area contributed by atoms with Gasteiger partial charge in [-0.2, -0.15) is 5.26 Å². The monoisotopic (exact) mass is 315 g/mol. The van der Waals surface area contributed by atoms with Crippen molar-refractivity contribution in [3.05, 3.63) is 93.7 Å². The highest BCUT2D eigenvalue weighted by molar-refractivity contribution is 7.12. The van der Waals surface area contributed by atoms with Gasteiger partial charge in [-0.25, -0.2) is 0 Å². The van der Waals surface area contributed by atoms with Crippen LogP contribution in [0, 0.1) is 11.3 Å². The maximum Gasteiger partial charge on any atom is 0.0998 e. The summed E-state index contributed by atoms with van der Waals surface area (Å²) in [4.78, 5) is 2.49. The lowest BCUT2D eigenvalue weighted by molar-refractivity contribution is 0.981. The fourth-order valence-electron chi connectivity index (χ4n) is 2.46. The Hall–Kier alpha value is -2.63. The van der Waals surface area contributed by atoms with Crippen LogP contribution in [0.1, 0.15) is 20.9 Å². The van der Waals surface area contributed by atoms with Crippen molar-refractivity contribution in [1.82, 2.24) is 0 Å². The number of nitriles is 1. The molecule has 3 aromatic rings. The molecular formula is C21H17NS. The molecule has 0 aliphatic carbocycles. The van der Waals surface area contributed by atoms with Gasteiger partial charge < -0.3 is 0 Å². The molecule has 1 heterocycles. The summed E-state index contributed by atoms with van der Waals surface area (Å²) in [6, 6.07) is 26.9. The van der Waals surface area contributed by atoms with Crippen LogP contribution in [-0.2, 0) is 12.8 Å². The topological polar surface area (TPSA) is 23.8 Å². The lowest BCUT2D eigenvalue weighted by Gasteiger charge is -1.99. The summed E-state index contributed by atoms with van der Waals surface area (Å²) in [7, 11) is 0. The van der Waals surface area contributed by atoms with Gasteiger partial charge in [-0.05, 0) is 42.2 Å². The van der Waals surface area contributed by atoms with Gasteiger partial charge in [0.25, 0.3) is 0 Å². The number of hydrogen-bond donors (Lipinski definition) is 0. The van der Waals surface area contributed by atoms with E-state index in [1.165, 1.54) is 10.4 Å². The van der Waals surface area contributed by atoms with Gasteiger partial charge in [0.1, 0.15) is 0 Å². The lowest BCUT2D eigenvalue weighted by Crippen LogP contribution is -1.87. The number of hydrogen-bond acceptors (Lipinski definition) is 2. The highest BCUT2D eigenvalue weighted by atomic mass is 32.1. The predicted molar refractivity (Wildman–Crippen MR) is 98.1 cm³/mol. The van der Waals surface area contributed by atoms with Gasteiger partial charge in [0.2, 0.25) is 0 Å². The third-order valence-electron chi connectivity index (χ3n) is 3.68. The number of allylic oxidation sites excluding steroid dienone is 1. The summed E-state index contributed by atoms with van der Waals surface area (Å²) in [6.07, 6.45) is 4.07. The fraction of sp³-hybridized carbons (Fsp3) is 0.0952. The minimum absolute atomic E-state index is 0.710. The van der Waals surface area contributed by atoms with Gasteiger partial charge in [0.05, 0.1) is 11.6 Å². The average molecular weight is 315 g/mol. The third kappa shape index (κ3) is 4.18. The molecule has 0 aliphatic rings. The second-order valence-electron chi connectivity index (χ2n) is 5.33. The molecule has 0 bridgehead atoms. The van der Waals surface area contributed by atoms with Crippen molar-refractivity contribution in [2.45, 2.75) is 12.8 Å². The first kappa shape index (κ1) is 15.3. The van der Waals surface area contributed by atoms with E-state index in [2.05, 4.69) is 42.5 Å². The quantitative estimate of drug-likeness (QED) is 0.562. The van der Waals surface area contributed by atoms with Crippen molar-refractivity contribution in [3.63, 3.8) is 0 Å². The smallest absolute Gasteiger partial charge is 0.0998 e. The standard InChI is InChI=1S/C21H17NS/c22-16-19(18-9-5-2-6-10-18)15-21-14-13-20(23-21)12-11-17-7-3-1-4-8-17/h1-10,13-15H,11-12H2/b19-15+. The molecular weight excluding hydrogens is 298 g/mol. The van der Waals surface area contributed by atoms with Crippen molar-refractivity contribution in [2.24, 2.45) is 0 Å². The van der Waals surface area contributed by atoms with E-state index in [9.17, 15) is 5.26 Å². The second-order valence-corrected chi connectivity index (χ2v) is 6.53. The van der Waals surface area contributed by atoms with Crippen LogP contribution >= 0.6 is 11.3 Å². The van der Waals surface area contributed by atoms with E-state index in [-0.39, 0.29) is 0 Å². The molecule has 0 amide bonds.